The molecule has 0 saturated heterocycles. The Balaban J connectivity index is 1.44. The van der Waals surface area contributed by atoms with Crippen LogP contribution in [-0.2, 0) is 17.6 Å². The maximum atomic E-state index is 11.0. The van der Waals surface area contributed by atoms with Crippen molar-refractivity contribution >= 4 is 32.8 Å². The zero-order chi connectivity index (χ0) is 20.4. The van der Waals surface area contributed by atoms with Crippen LogP contribution in [0.15, 0.2) is 57.6 Å². The fourth-order valence-electron chi connectivity index (χ4n) is 3.23. The number of aromatic nitrogens is 2. The average molecular weight is 455 g/mol. The molecular weight excluding hydrogens is 436 g/mol. The van der Waals surface area contributed by atoms with Crippen molar-refractivity contribution in [3.63, 3.8) is 0 Å². The van der Waals surface area contributed by atoms with Crippen LogP contribution in [0.4, 0.5) is 0 Å². The van der Waals surface area contributed by atoms with Crippen LogP contribution in [0.2, 0.25) is 0 Å². The van der Waals surface area contributed by atoms with E-state index in [-0.39, 0.29) is 6.42 Å². The summed E-state index contributed by atoms with van der Waals surface area (Å²) in [5.41, 5.74) is 3.40. The monoisotopic (exact) mass is 454 g/mol. The number of aryl methyl sites for hydroxylation is 1. The minimum absolute atomic E-state index is 0.0278. The number of nitrogens with one attached hydrogen (secondary N) is 1. The van der Waals surface area contributed by atoms with Crippen molar-refractivity contribution in [2.24, 2.45) is 0 Å². The standard InChI is InChI=1S/C22H19BrN2O4/c1-13-19(25-22(29-13)14-3-2-4-16(23)9-14)7-8-28-17-5-6-20-18(11-17)15(12-24-20)10-21(26)27/h2-6,9,11-12,24H,7-8,10H2,1H3,(H,26,27). The zero-order valence-corrected chi connectivity index (χ0v) is 17.3. The maximum absolute atomic E-state index is 11.0. The average Bonchev–Trinajstić information content (AvgIpc) is 3.25. The van der Waals surface area contributed by atoms with E-state index >= 15 is 0 Å². The second-order valence-electron chi connectivity index (χ2n) is 6.72. The van der Waals surface area contributed by atoms with E-state index in [0.717, 1.165) is 38.0 Å². The fraction of sp³-hybridized carbons (Fsp3) is 0.182. The molecule has 2 N–H and O–H groups in total. The molecule has 0 aliphatic rings. The summed E-state index contributed by atoms with van der Waals surface area (Å²) in [6, 6.07) is 13.4. The number of carboxylic acids is 1. The Hall–Kier alpha value is -3.06. The number of nitrogens with zero attached hydrogens (tertiary/aromatic N) is 1. The van der Waals surface area contributed by atoms with Gasteiger partial charge in [0.05, 0.1) is 18.7 Å². The molecule has 0 amide bonds. The number of ether oxygens (including phenoxy) is 1. The molecule has 6 nitrogen and oxygen atoms in total. The molecule has 0 aliphatic carbocycles. The first-order valence-electron chi connectivity index (χ1n) is 9.16. The summed E-state index contributed by atoms with van der Waals surface area (Å²) in [5, 5.41) is 9.90. The molecule has 2 aromatic heterocycles. The molecule has 0 fully saturated rings. The Bertz CT molecular complexity index is 1180. The van der Waals surface area contributed by atoms with Crippen molar-refractivity contribution in [3.05, 3.63) is 70.2 Å². The lowest BCUT2D eigenvalue weighted by Gasteiger charge is -2.06. The number of hydrogen-bond donors (Lipinski definition) is 2. The Morgan fingerprint density at radius 2 is 2.14 bits per heavy atom. The van der Waals surface area contributed by atoms with E-state index in [1.807, 2.05) is 49.4 Å². The molecule has 0 unspecified atom stereocenters. The van der Waals surface area contributed by atoms with E-state index in [1.54, 1.807) is 6.20 Å². The van der Waals surface area contributed by atoms with Crippen molar-refractivity contribution < 1.29 is 19.1 Å². The second kappa shape index (κ2) is 8.13. The predicted molar refractivity (Wildman–Crippen MR) is 113 cm³/mol. The van der Waals surface area contributed by atoms with Gasteiger partial charge in [-0.15, -0.1) is 0 Å². The Kier molecular flexibility index (Phi) is 5.40. The normalized spacial score (nSPS) is 11.1. The number of rotatable bonds is 7. The highest BCUT2D eigenvalue weighted by Gasteiger charge is 2.13. The van der Waals surface area contributed by atoms with Crippen molar-refractivity contribution in [2.45, 2.75) is 19.8 Å². The predicted octanol–water partition coefficient (Wildman–Crippen LogP) is 5.14. The van der Waals surface area contributed by atoms with E-state index in [0.29, 0.717) is 24.7 Å². The van der Waals surface area contributed by atoms with E-state index in [1.165, 1.54) is 0 Å². The van der Waals surface area contributed by atoms with Gasteiger partial charge in [0.15, 0.2) is 0 Å². The molecule has 0 bridgehead atoms. The summed E-state index contributed by atoms with van der Waals surface area (Å²) in [6.45, 7) is 2.34. The maximum Gasteiger partial charge on any atom is 0.307 e. The van der Waals surface area contributed by atoms with Gasteiger partial charge in [0.2, 0.25) is 5.89 Å². The molecule has 0 atom stereocenters. The second-order valence-corrected chi connectivity index (χ2v) is 7.64. The van der Waals surface area contributed by atoms with Crippen LogP contribution in [0.25, 0.3) is 22.4 Å². The lowest BCUT2D eigenvalue weighted by atomic mass is 10.1. The summed E-state index contributed by atoms with van der Waals surface area (Å²) in [6.07, 6.45) is 2.31. The first kappa shape index (κ1) is 19.3. The molecule has 29 heavy (non-hydrogen) atoms. The number of aromatic amines is 1. The lowest BCUT2D eigenvalue weighted by molar-refractivity contribution is -0.136. The van der Waals surface area contributed by atoms with Crippen molar-refractivity contribution in [2.75, 3.05) is 6.61 Å². The highest BCUT2D eigenvalue weighted by Crippen LogP contribution is 2.26. The van der Waals surface area contributed by atoms with Gasteiger partial charge in [0, 0.05) is 33.6 Å². The molecule has 4 aromatic rings. The van der Waals surface area contributed by atoms with Crippen LogP contribution in [0, 0.1) is 6.92 Å². The van der Waals surface area contributed by atoms with Crippen LogP contribution in [0.3, 0.4) is 0 Å². The summed E-state index contributed by atoms with van der Waals surface area (Å²) < 4.78 is 12.7. The molecule has 0 saturated carbocycles. The number of hydrogen-bond acceptors (Lipinski definition) is 4. The van der Waals surface area contributed by atoms with E-state index in [9.17, 15) is 4.79 Å². The highest BCUT2D eigenvalue weighted by atomic mass is 79.9. The Morgan fingerprint density at radius 3 is 2.93 bits per heavy atom. The number of carboxylic acid groups (broad SMARTS) is 1. The van der Waals surface area contributed by atoms with Gasteiger partial charge >= 0.3 is 5.97 Å². The van der Waals surface area contributed by atoms with E-state index in [4.69, 9.17) is 14.3 Å². The first-order valence-corrected chi connectivity index (χ1v) is 9.96. The zero-order valence-electron chi connectivity index (χ0n) is 15.7. The van der Waals surface area contributed by atoms with E-state index < -0.39 is 5.97 Å². The molecule has 148 valence electrons. The minimum Gasteiger partial charge on any atom is -0.493 e. The molecular formula is C22H19BrN2O4. The summed E-state index contributed by atoms with van der Waals surface area (Å²) in [5.74, 6) is 1.19. The SMILES string of the molecule is Cc1oc(-c2cccc(Br)c2)nc1CCOc1ccc2[nH]cc(CC(=O)O)c2c1. The van der Waals surface area contributed by atoms with Gasteiger partial charge in [0.25, 0.3) is 0 Å². The number of H-pyrrole nitrogens is 1. The quantitative estimate of drug-likeness (QED) is 0.403. The van der Waals surface area contributed by atoms with Gasteiger partial charge in [0.1, 0.15) is 11.5 Å². The first-order chi connectivity index (χ1) is 14.0. The third-order valence-corrected chi connectivity index (χ3v) is 5.15. The van der Waals surface area contributed by atoms with Crippen molar-refractivity contribution in [1.82, 2.24) is 9.97 Å². The number of halogens is 1. The molecule has 2 heterocycles. The molecule has 2 aromatic carbocycles. The largest absolute Gasteiger partial charge is 0.493 e. The number of carbonyl (C=O) groups is 1. The molecule has 0 aliphatic heterocycles. The van der Waals surface area contributed by atoms with E-state index in [2.05, 4.69) is 25.9 Å². The number of aliphatic carboxylic acids is 1. The van der Waals surface area contributed by atoms with Gasteiger partial charge in [-0.05, 0) is 48.9 Å². The number of fused-ring (bicyclic) bond motifs is 1. The number of oxazole rings is 1. The highest BCUT2D eigenvalue weighted by molar-refractivity contribution is 9.10. The molecule has 0 spiro atoms. The van der Waals surface area contributed by atoms with Gasteiger partial charge < -0.3 is 19.2 Å². The van der Waals surface area contributed by atoms with Crippen LogP contribution in [0.5, 0.6) is 5.75 Å². The third-order valence-electron chi connectivity index (χ3n) is 4.65. The van der Waals surface area contributed by atoms with Crippen molar-refractivity contribution in [1.29, 1.82) is 0 Å². The van der Waals surface area contributed by atoms with Gasteiger partial charge in [-0.3, -0.25) is 4.79 Å². The Morgan fingerprint density at radius 1 is 1.28 bits per heavy atom. The third kappa shape index (κ3) is 4.35. The van der Waals surface area contributed by atoms with Crippen LogP contribution < -0.4 is 4.74 Å². The molecule has 4 rings (SSSR count). The fourth-order valence-corrected chi connectivity index (χ4v) is 3.63. The van der Waals surface area contributed by atoms with Crippen LogP contribution in [0.1, 0.15) is 17.0 Å². The summed E-state index contributed by atoms with van der Waals surface area (Å²) in [4.78, 5) is 18.7. The molecule has 7 heteroatoms. The summed E-state index contributed by atoms with van der Waals surface area (Å²) in [7, 11) is 0. The summed E-state index contributed by atoms with van der Waals surface area (Å²) >= 11 is 3.46. The van der Waals surface area contributed by atoms with Gasteiger partial charge in [-0.1, -0.05) is 22.0 Å². The van der Waals surface area contributed by atoms with Crippen molar-refractivity contribution in [3.8, 4) is 17.2 Å². The topological polar surface area (TPSA) is 88.4 Å². The van der Waals surface area contributed by atoms with Gasteiger partial charge in [-0.25, -0.2) is 4.98 Å². The lowest BCUT2D eigenvalue weighted by Crippen LogP contribution is -2.03. The Labute approximate surface area is 175 Å². The number of benzene rings is 2. The van der Waals surface area contributed by atoms with Crippen LogP contribution >= 0.6 is 15.9 Å². The van der Waals surface area contributed by atoms with Gasteiger partial charge in [-0.2, -0.15) is 0 Å². The smallest absolute Gasteiger partial charge is 0.307 e. The molecule has 0 radical (unpaired) electrons. The van der Waals surface area contributed by atoms with Crippen LogP contribution in [-0.4, -0.2) is 27.7 Å². The minimum atomic E-state index is -0.861.